The second-order valence-electron chi connectivity index (χ2n) is 4.35. The van der Waals surface area contributed by atoms with Gasteiger partial charge in [0.1, 0.15) is 11.6 Å². The number of nitrogens with one attached hydrogen (secondary N) is 2. The van der Waals surface area contributed by atoms with Crippen molar-refractivity contribution in [2.24, 2.45) is 0 Å². The Morgan fingerprint density at radius 1 is 1.33 bits per heavy atom. The number of halogens is 1. The Morgan fingerprint density at radius 2 is 2.06 bits per heavy atom. The molecule has 0 saturated carbocycles. The number of likely N-dealkylation sites (N-methyl/N-ethyl adjacent to an activating group) is 1. The molecule has 0 saturated heterocycles. The van der Waals surface area contributed by atoms with Crippen molar-refractivity contribution in [1.29, 1.82) is 0 Å². The molecule has 0 radical (unpaired) electrons. The molecule has 0 aliphatic rings. The molecule has 2 rings (SSSR count). The van der Waals surface area contributed by atoms with Crippen LogP contribution in [0, 0.1) is 5.82 Å². The van der Waals surface area contributed by atoms with Crippen LogP contribution in [0.15, 0.2) is 30.5 Å². The van der Waals surface area contributed by atoms with Crippen LogP contribution in [-0.2, 0) is 0 Å². The third kappa shape index (κ3) is 2.76. The van der Waals surface area contributed by atoms with Crippen molar-refractivity contribution >= 4 is 0 Å². The van der Waals surface area contributed by atoms with Crippen molar-refractivity contribution in [2.45, 2.75) is 19.3 Å². The minimum absolute atomic E-state index is 0.222. The molecule has 1 heterocycles. The molecular formula is C14H18FN3. The van der Waals surface area contributed by atoms with E-state index in [4.69, 9.17) is 0 Å². The number of imidazole rings is 1. The number of benzene rings is 1. The Labute approximate surface area is 106 Å². The summed E-state index contributed by atoms with van der Waals surface area (Å²) in [6, 6.07) is 6.43. The van der Waals surface area contributed by atoms with Gasteiger partial charge in [0.2, 0.25) is 0 Å². The van der Waals surface area contributed by atoms with E-state index in [2.05, 4.69) is 22.2 Å². The molecule has 3 nitrogen and oxygen atoms in total. The highest BCUT2D eigenvalue weighted by Gasteiger charge is 2.12. The minimum Gasteiger partial charge on any atom is -0.342 e. The van der Waals surface area contributed by atoms with Gasteiger partial charge in [-0.15, -0.1) is 0 Å². The molecule has 1 unspecified atom stereocenters. The maximum Gasteiger partial charge on any atom is 0.123 e. The second-order valence-corrected chi connectivity index (χ2v) is 4.35. The predicted molar refractivity (Wildman–Crippen MR) is 70.9 cm³/mol. The number of rotatable bonds is 5. The van der Waals surface area contributed by atoms with Crippen LogP contribution < -0.4 is 5.32 Å². The maximum absolute atomic E-state index is 12.9. The van der Waals surface area contributed by atoms with E-state index in [1.54, 1.807) is 18.3 Å². The van der Waals surface area contributed by atoms with Crippen LogP contribution in [0.25, 0.3) is 11.3 Å². The topological polar surface area (TPSA) is 40.7 Å². The van der Waals surface area contributed by atoms with Gasteiger partial charge in [-0.05, 0) is 43.3 Å². The molecule has 0 aliphatic heterocycles. The van der Waals surface area contributed by atoms with Crippen molar-refractivity contribution in [3.05, 3.63) is 42.1 Å². The van der Waals surface area contributed by atoms with E-state index in [1.165, 1.54) is 12.1 Å². The summed E-state index contributed by atoms with van der Waals surface area (Å²) in [6.45, 7) is 3.04. The monoisotopic (exact) mass is 247 g/mol. The summed E-state index contributed by atoms with van der Waals surface area (Å²) < 4.78 is 12.9. The Bertz CT molecular complexity index is 490. The highest BCUT2D eigenvalue weighted by Crippen LogP contribution is 2.21. The van der Waals surface area contributed by atoms with Gasteiger partial charge in [-0.3, -0.25) is 0 Å². The maximum atomic E-state index is 12.9. The highest BCUT2D eigenvalue weighted by atomic mass is 19.1. The fraction of sp³-hybridized carbons (Fsp3) is 0.357. The lowest BCUT2D eigenvalue weighted by Crippen LogP contribution is -2.17. The van der Waals surface area contributed by atoms with Gasteiger partial charge in [0, 0.05) is 12.5 Å². The Hall–Kier alpha value is -1.68. The summed E-state index contributed by atoms with van der Waals surface area (Å²) in [5, 5.41) is 3.16. The van der Waals surface area contributed by atoms with E-state index in [-0.39, 0.29) is 5.82 Å². The SMILES string of the molecule is CCC(CNC)c1ncc(-c2ccc(F)cc2)[nH]1. The minimum atomic E-state index is -0.222. The van der Waals surface area contributed by atoms with Crippen LogP contribution in [0.3, 0.4) is 0 Å². The third-order valence-corrected chi connectivity index (χ3v) is 3.08. The molecule has 18 heavy (non-hydrogen) atoms. The smallest absolute Gasteiger partial charge is 0.123 e. The first kappa shape index (κ1) is 12.8. The first-order valence-electron chi connectivity index (χ1n) is 6.20. The average Bonchev–Trinajstić information content (AvgIpc) is 2.86. The summed E-state index contributed by atoms with van der Waals surface area (Å²) in [4.78, 5) is 7.73. The largest absolute Gasteiger partial charge is 0.342 e. The molecule has 0 aliphatic carbocycles. The fourth-order valence-electron chi connectivity index (χ4n) is 2.00. The van der Waals surface area contributed by atoms with E-state index in [1.807, 2.05) is 7.05 Å². The van der Waals surface area contributed by atoms with Crippen molar-refractivity contribution in [1.82, 2.24) is 15.3 Å². The quantitative estimate of drug-likeness (QED) is 0.853. The summed E-state index contributed by atoms with van der Waals surface area (Å²) in [7, 11) is 1.94. The molecule has 4 heteroatoms. The Kier molecular flexibility index (Phi) is 4.10. The normalized spacial score (nSPS) is 12.6. The zero-order chi connectivity index (χ0) is 13.0. The second kappa shape index (κ2) is 5.78. The number of nitrogens with zero attached hydrogens (tertiary/aromatic N) is 1. The molecule has 0 spiro atoms. The molecule has 1 atom stereocenters. The standard InChI is InChI=1S/C14H18FN3/c1-3-10(8-16-2)14-17-9-13(18-14)11-4-6-12(15)7-5-11/h4-7,9-10,16H,3,8H2,1-2H3,(H,17,18). The molecule has 96 valence electrons. The molecule has 0 amide bonds. The van der Waals surface area contributed by atoms with Crippen LogP contribution in [-0.4, -0.2) is 23.6 Å². The molecule has 1 aromatic carbocycles. The number of aromatic amines is 1. The van der Waals surface area contributed by atoms with Crippen molar-refractivity contribution < 1.29 is 4.39 Å². The molecule has 0 fully saturated rings. The van der Waals surface area contributed by atoms with Gasteiger partial charge in [-0.25, -0.2) is 9.37 Å². The van der Waals surface area contributed by atoms with E-state index >= 15 is 0 Å². The number of aromatic nitrogens is 2. The van der Waals surface area contributed by atoms with Crippen molar-refractivity contribution in [3.63, 3.8) is 0 Å². The molecule has 0 bridgehead atoms. The van der Waals surface area contributed by atoms with Gasteiger partial charge >= 0.3 is 0 Å². The zero-order valence-corrected chi connectivity index (χ0v) is 10.7. The summed E-state index contributed by atoms with van der Waals surface area (Å²) in [5.74, 6) is 1.13. The number of hydrogen-bond donors (Lipinski definition) is 2. The third-order valence-electron chi connectivity index (χ3n) is 3.08. The first-order valence-corrected chi connectivity index (χ1v) is 6.20. The number of H-pyrrole nitrogens is 1. The molecule has 2 N–H and O–H groups in total. The van der Waals surface area contributed by atoms with Gasteiger partial charge in [0.05, 0.1) is 11.9 Å². The predicted octanol–water partition coefficient (Wildman–Crippen LogP) is 2.93. The zero-order valence-electron chi connectivity index (χ0n) is 10.7. The van der Waals surface area contributed by atoms with Gasteiger partial charge in [0.25, 0.3) is 0 Å². The summed E-state index contributed by atoms with van der Waals surface area (Å²) in [5.41, 5.74) is 1.88. The van der Waals surface area contributed by atoms with E-state index in [0.717, 1.165) is 30.0 Å². The Morgan fingerprint density at radius 3 is 2.67 bits per heavy atom. The first-order chi connectivity index (χ1) is 8.74. The summed E-state index contributed by atoms with van der Waals surface area (Å²) >= 11 is 0. The number of hydrogen-bond acceptors (Lipinski definition) is 2. The van der Waals surface area contributed by atoms with E-state index in [0.29, 0.717) is 5.92 Å². The van der Waals surface area contributed by atoms with Crippen LogP contribution in [0.2, 0.25) is 0 Å². The molecular weight excluding hydrogens is 229 g/mol. The molecule has 2 aromatic rings. The Balaban J connectivity index is 2.21. The van der Waals surface area contributed by atoms with Crippen molar-refractivity contribution in [2.75, 3.05) is 13.6 Å². The lowest BCUT2D eigenvalue weighted by molar-refractivity contribution is 0.586. The van der Waals surface area contributed by atoms with Gasteiger partial charge < -0.3 is 10.3 Å². The highest BCUT2D eigenvalue weighted by molar-refractivity contribution is 5.58. The lowest BCUT2D eigenvalue weighted by Gasteiger charge is -2.10. The van der Waals surface area contributed by atoms with Gasteiger partial charge in [0.15, 0.2) is 0 Å². The fourth-order valence-corrected chi connectivity index (χ4v) is 2.00. The lowest BCUT2D eigenvalue weighted by atomic mass is 10.1. The van der Waals surface area contributed by atoms with Gasteiger partial charge in [-0.2, -0.15) is 0 Å². The van der Waals surface area contributed by atoms with Gasteiger partial charge in [-0.1, -0.05) is 6.92 Å². The van der Waals surface area contributed by atoms with Crippen LogP contribution in [0.5, 0.6) is 0 Å². The van der Waals surface area contributed by atoms with Crippen LogP contribution in [0.1, 0.15) is 25.1 Å². The van der Waals surface area contributed by atoms with Crippen molar-refractivity contribution in [3.8, 4) is 11.3 Å². The summed E-state index contributed by atoms with van der Waals surface area (Å²) in [6.07, 6.45) is 2.83. The van der Waals surface area contributed by atoms with Crippen LogP contribution in [0.4, 0.5) is 4.39 Å². The molecule has 1 aromatic heterocycles. The van der Waals surface area contributed by atoms with E-state index in [9.17, 15) is 4.39 Å². The van der Waals surface area contributed by atoms with Crippen LogP contribution >= 0.6 is 0 Å². The average molecular weight is 247 g/mol. The van der Waals surface area contributed by atoms with E-state index < -0.39 is 0 Å².